The van der Waals surface area contributed by atoms with Gasteiger partial charge in [0.1, 0.15) is 5.75 Å². The van der Waals surface area contributed by atoms with Gasteiger partial charge in [0, 0.05) is 21.2 Å². The molecule has 0 aliphatic heterocycles. The van der Waals surface area contributed by atoms with Gasteiger partial charge in [-0.05, 0) is 66.7 Å². The quantitative estimate of drug-likeness (QED) is 0.294. The molecule has 0 fully saturated rings. The number of alkyl halides is 3. The van der Waals surface area contributed by atoms with Crippen molar-refractivity contribution >= 4 is 40.7 Å². The highest BCUT2D eigenvalue weighted by molar-refractivity contribution is 6.35. The molecular weight excluding hydrogens is 528 g/mol. The minimum absolute atomic E-state index is 0.0571. The average molecular weight is 542 g/mol. The van der Waals surface area contributed by atoms with E-state index in [1.165, 1.54) is 16.8 Å². The molecule has 4 aromatic rings. The Hall–Kier alpha value is -3.27. The Kier molecular flexibility index (Phi) is 7.20. The van der Waals surface area contributed by atoms with Gasteiger partial charge in [0.2, 0.25) is 0 Å². The number of nitrogens with one attached hydrogen (secondary N) is 1. The lowest BCUT2D eigenvalue weighted by molar-refractivity contribution is -0.274. The summed E-state index contributed by atoms with van der Waals surface area (Å²) in [6.45, 7) is -0.0571. The van der Waals surface area contributed by atoms with Gasteiger partial charge in [0.15, 0.2) is 11.6 Å². The molecule has 6 nitrogen and oxygen atoms in total. The number of aromatic nitrogens is 3. The van der Waals surface area contributed by atoms with Crippen LogP contribution >= 0.6 is 34.8 Å². The Bertz CT molecular complexity index is 1360. The van der Waals surface area contributed by atoms with Crippen LogP contribution < -0.4 is 10.1 Å². The summed E-state index contributed by atoms with van der Waals surface area (Å²) in [7, 11) is 0. The van der Waals surface area contributed by atoms with Crippen LogP contribution in [0.25, 0.3) is 17.1 Å². The number of amides is 1. The van der Waals surface area contributed by atoms with Crippen molar-refractivity contribution in [2.75, 3.05) is 0 Å². The highest BCUT2D eigenvalue weighted by Crippen LogP contribution is 2.29. The maximum absolute atomic E-state index is 12.5. The monoisotopic (exact) mass is 540 g/mol. The largest absolute Gasteiger partial charge is 0.573 e. The Morgan fingerprint density at radius 1 is 0.943 bits per heavy atom. The third-order valence-corrected chi connectivity index (χ3v) is 5.44. The number of hydrogen-bond acceptors (Lipinski definition) is 4. The van der Waals surface area contributed by atoms with Crippen molar-refractivity contribution < 1.29 is 22.7 Å². The van der Waals surface area contributed by atoms with Crippen molar-refractivity contribution in [3.05, 3.63) is 93.2 Å². The highest BCUT2D eigenvalue weighted by atomic mass is 35.5. The predicted molar refractivity (Wildman–Crippen MR) is 126 cm³/mol. The lowest BCUT2D eigenvalue weighted by atomic mass is 10.2. The van der Waals surface area contributed by atoms with E-state index in [1.807, 2.05) is 0 Å². The molecule has 0 atom stereocenters. The van der Waals surface area contributed by atoms with Gasteiger partial charge in [-0.1, -0.05) is 34.8 Å². The summed E-state index contributed by atoms with van der Waals surface area (Å²) in [5.41, 5.74) is 1.36. The number of carbonyl (C=O) groups excluding carboxylic acids is 1. The molecule has 0 radical (unpaired) electrons. The highest BCUT2D eigenvalue weighted by Gasteiger charge is 2.31. The Morgan fingerprint density at radius 2 is 1.60 bits per heavy atom. The van der Waals surface area contributed by atoms with Gasteiger partial charge in [-0.2, -0.15) is 0 Å². The van der Waals surface area contributed by atoms with Crippen molar-refractivity contribution in [1.82, 2.24) is 20.1 Å². The zero-order valence-corrected chi connectivity index (χ0v) is 19.8. The molecular formula is C23H14Cl3F3N4O2. The third kappa shape index (κ3) is 6.25. The first-order valence-corrected chi connectivity index (χ1v) is 11.0. The summed E-state index contributed by atoms with van der Waals surface area (Å²) in [6.07, 6.45) is -4.82. The molecule has 0 aliphatic carbocycles. The van der Waals surface area contributed by atoms with E-state index in [1.54, 1.807) is 42.5 Å². The van der Waals surface area contributed by atoms with E-state index < -0.39 is 18.0 Å². The second-order valence-corrected chi connectivity index (χ2v) is 8.40. The number of hydrogen-bond donors (Lipinski definition) is 1. The van der Waals surface area contributed by atoms with Crippen molar-refractivity contribution in [1.29, 1.82) is 0 Å². The molecule has 1 aromatic heterocycles. The maximum Gasteiger partial charge on any atom is 0.573 e. The molecule has 180 valence electrons. The molecule has 0 saturated carbocycles. The second kappa shape index (κ2) is 10.2. The number of nitrogens with zero attached hydrogens (tertiary/aromatic N) is 3. The molecule has 0 spiro atoms. The topological polar surface area (TPSA) is 69.0 Å². The Balaban J connectivity index is 1.57. The van der Waals surface area contributed by atoms with Crippen LogP contribution in [-0.2, 0) is 6.54 Å². The summed E-state index contributed by atoms with van der Waals surface area (Å²) < 4.78 is 42.3. The molecule has 1 N–H and O–H groups in total. The standard InChI is InChI=1S/C23H14Cl3F3N4O2/c24-15-5-1-13(2-6-15)21-31-20(32-33(21)19-10-7-16(25)11-18(19)26)12-30-22(34)14-3-8-17(9-4-14)35-23(27,28)29/h1-11H,12H2,(H,30,34). The lowest BCUT2D eigenvalue weighted by Gasteiger charge is -2.09. The second-order valence-electron chi connectivity index (χ2n) is 7.12. The summed E-state index contributed by atoms with van der Waals surface area (Å²) in [5, 5.41) is 8.46. The van der Waals surface area contributed by atoms with E-state index in [9.17, 15) is 18.0 Å². The molecule has 0 aliphatic rings. The first-order chi connectivity index (χ1) is 16.6. The van der Waals surface area contributed by atoms with Crippen molar-refractivity contribution in [3.8, 4) is 22.8 Å². The molecule has 0 bridgehead atoms. The smallest absolute Gasteiger partial charge is 0.406 e. The Labute approximate surface area is 212 Å². The van der Waals surface area contributed by atoms with Gasteiger partial charge in [0.25, 0.3) is 5.91 Å². The number of carbonyl (C=O) groups is 1. The SMILES string of the molecule is O=C(NCc1nc(-c2ccc(Cl)cc2)n(-c2ccc(Cl)cc2Cl)n1)c1ccc(OC(F)(F)F)cc1. The predicted octanol–water partition coefficient (Wildman–Crippen LogP) is 6.72. The molecule has 1 amide bonds. The van der Waals surface area contributed by atoms with Crippen LogP contribution in [-0.4, -0.2) is 27.0 Å². The molecule has 12 heteroatoms. The molecule has 3 aromatic carbocycles. The minimum atomic E-state index is -4.82. The lowest BCUT2D eigenvalue weighted by Crippen LogP contribution is -2.23. The first-order valence-electron chi connectivity index (χ1n) is 9.90. The van der Waals surface area contributed by atoms with E-state index in [2.05, 4.69) is 20.1 Å². The van der Waals surface area contributed by atoms with Crippen LogP contribution in [0.3, 0.4) is 0 Å². The number of ether oxygens (including phenoxy) is 1. The molecule has 1 heterocycles. The molecule has 35 heavy (non-hydrogen) atoms. The zero-order chi connectivity index (χ0) is 25.2. The van der Waals surface area contributed by atoms with Gasteiger partial charge in [-0.25, -0.2) is 9.67 Å². The van der Waals surface area contributed by atoms with Crippen LogP contribution in [0, 0.1) is 0 Å². The van der Waals surface area contributed by atoms with E-state index in [-0.39, 0.29) is 17.9 Å². The Morgan fingerprint density at radius 3 is 2.23 bits per heavy atom. The number of benzene rings is 3. The van der Waals surface area contributed by atoms with E-state index >= 15 is 0 Å². The van der Waals surface area contributed by atoms with E-state index in [0.29, 0.717) is 32.1 Å². The number of rotatable bonds is 6. The van der Waals surface area contributed by atoms with Gasteiger partial charge in [-0.15, -0.1) is 18.3 Å². The van der Waals surface area contributed by atoms with Crippen molar-refractivity contribution in [2.45, 2.75) is 12.9 Å². The zero-order valence-electron chi connectivity index (χ0n) is 17.5. The van der Waals surface area contributed by atoms with Crippen molar-refractivity contribution in [2.24, 2.45) is 0 Å². The summed E-state index contributed by atoms with van der Waals surface area (Å²) in [5.74, 6) is -0.241. The summed E-state index contributed by atoms with van der Waals surface area (Å²) >= 11 is 18.4. The van der Waals surface area contributed by atoms with Gasteiger partial charge in [0.05, 0.1) is 17.3 Å². The summed E-state index contributed by atoms with van der Waals surface area (Å²) in [6, 6.07) is 16.4. The normalized spacial score (nSPS) is 11.4. The fourth-order valence-electron chi connectivity index (χ4n) is 3.11. The first kappa shape index (κ1) is 24.8. The van der Waals surface area contributed by atoms with Gasteiger partial charge >= 0.3 is 6.36 Å². The van der Waals surface area contributed by atoms with Crippen LogP contribution in [0.2, 0.25) is 15.1 Å². The average Bonchev–Trinajstić information content (AvgIpc) is 3.21. The van der Waals surface area contributed by atoms with Crippen LogP contribution in [0.4, 0.5) is 13.2 Å². The third-order valence-electron chi connectivity index (χ3n) is 4.65. The molecule has 0 saturated heterocycles. The molecule has 4 rings (SSSR count). The molecule has 0 unspecified atom stereocenters. The summed E-state index contributed by atoms with van der Waals surface area (Å²) in [4.78, 5) is 17.0. The number of halogens is 6. The van der Waals surface area contributed by atoms with Crippen LogP contribution in [0.5, 0.6) is 5.75 Å². The minimum Gasteiger partial charge on any atom is -0.406 e. The van der Waals surface area contributed by atoms with Gasteiger partial charge < -0.3 is 10.1 Å². The maximum atomic E-state index is 12.5. The fourth-order valence-corrected chi connectivity index (χ4v) is 3.72. The van der Waals surface area contributed by atoms with E-state index in [4.69, 9.17) is 34.8 Å². The fraction of sp³-hybridized carbons (Fsp3) is 0.0870. The van der Waals surface area contributed by atoms with Gasteiger partial charge in [-0.3, -0.25) is 4.79 Å². The van der Waals surface area contributed by atoms with Crippen LogP contribution in [0.1, 0.15) is 16.2 Å². The van der Waals surface area contributed by atoms with Crippen LogP contribution in [0.15, 0.2) is 66.7 Å². The van der Waals surface area contributed by atoms with Crippen molar-refractivity contribution in [3.63, 3.8) is 0 Å². The van der Waals surface area contributed by atoms with E-state index in [0.717, 1.165) is 12.1 Å².